The Kier molecular flexibility index (Phi) is 4.62. The first-order valence-corrected chi connectivity index (χ1v) is 5.16. The van der Waals surface area contributed by atoms with Crippen molar-refractivity contribution < 1.29 is 4.79 Å². The van der Waals surface area contributed by atoms with Crippen LogP contribution in [0.1, 0.15) is 6.42 Å². The fourth-order valence-corrected chi connectivity index (χ4v) is 1.37. The molecule has 0 aliphatic carbocycles. The number of rotatable bonds is 4. The summed E-state index contributed by atoms with van der Waals surface area (Å²) in [6.45, 7) is 0. The largest absolute Gasteiger partial charge is 0.368 e. The van der Waals surface area contributed by atoms with Gasteiger partial charge in [0, 0.05) is 7.05 Å². The van der Waals surface area contributed by atoms with Gasteiger partial charge in [-0.1, -0.05) is 23.7 Å². The number of halogens is 1. The summed E-state index contributed by atoms with van der Waals surface area (Å²) in [5.74, 6) is -0.189. The normalized spacial score (nSPS) is 11.3. The molecule has 1 atom stereocenters. The second kappa shape index (κ2) is 5.99. The number of nitriles is 1. The molecule has 0 fully saturated rings. The number of nitrogens with one attached hydrogen (secondary N) is 2. The van der Waals surface area contributed by atoms with E-state index >= 15 is 0 Å². The van der Waals surface area contributed by atoms with Crippen molar-refractivity contribution in [2.45, 2.75) is 12.5 Å². The summed E-state index contributed by atoms with van der Waals surface area (Å²) in [6.07, 6.45) is 0.0955. The van der Waals surface area contributed by atoms with Gasteiger partial charge >= 0.3 is 0 Å². The molecule has 0 bridgehead atoms. The molecular weight excluding hydrogens is 226 g/mol. The van der Waals surface area contributed by atoms with Gasteiger partial charge < -0.3 is 10.6 Å². The van der Waals surface area contributed by atoms with Crippen LogP contribution in [0.25, 0.3) is 0 Å². The van der Waals surface area contributed by atoms with Crippen LogP contribution in [-0.4, -0.2) is 19.0 Å². The highest BCUT2D eigenvalue weighted by atomic mass is 35.5. The predicted octanol–water partition coefficient (Wildman–Crippen LogP) is 1.78. The minimum atomic E-state index is -0.583. The number of para-hydroxylation sites is 1. The van der Waals surface area contributed by atoms with Crippen LogP contribution in [0.2, 0.25) is 5.02 Å². The van der Waals surface area contributed by atoms with Crippen LogP contribution in [0.15, 0.2) is 24.3 Å². The van der Waals surface area contributed by atoms with Gasteiger partial charge in [0.05, 0.1) is 23.2 Å². The zero-order valence-electron chi connectivity index (χ0n) is 8.83. The van der Waals surface area contributed by atoms with E-state index in [-0.39, 0.29) is 12.3 Å². The van der Waals surface area contributed by atoms with Crippen LogP contribution in [0.5, 0.6) is 0 Å². The van der Waals surface area contributed by atoms with Gasteiger partial charge in [-0.2, -0.15) is 5.26 Å². The van der Waals surface area contributed by atoms with Gasteiger partial charge in [0.25, 0.3) is 0 Å². The van der Waals surface area contributed by atoms with E-state index in [1.165, 1.54) is 7.05 Å². The summed E-state index contributed by atoms with van der Waals surface area (Å²) >= 11 is 5.92. The summed E-state index contributed by atoms with van der Waals surface area (Å²) in [5, 5.41) is 14.8. The number of carbonyl (C=O) groups excluding carboxylic acids is 1. The van der Waals surface area contributed by atoms with E-state index in [4.69, 9.17) is 16.9 Å². The van der Waals surface area contributed by atoms with Gasteiger partial charge in [-0.25, -0.2) is 0 Å². The molecule has 0 radical (unpaired) electrons. The smallest absolute Gasteiger partial charge is 0.222 e. The van der Waals surface area contributed by atoms with Crippen LogP contribution < -0.4 is 10.6 Å². The Hall–Kier alpha value is -1.73. The lowest BCUT2D eigenvalue weighted by atomic mass is 10.2. The molecule has 2 N–H and O–H groups in total. The molecule has 0 saturated heterocycles. The van der Waals surface area contributed by atoms with Gasteiger partial charge in [-0.3, -0.25) is 4.79 Å². The first kappa shape index (κ1) is 12.3. The van der Waals surface area contributed by atoms with Crippen molar-refractivity contribution in [2.24, 2.45) is 0 Å². The zero-order valence-corrected chi connectivity index (χ0v) is 9.58. The third kappa shape index (κ3) is 3.44. The lowest BCUT2D eigenvalue weighted by Crippen LogP contribution is -2.27. The van der Waals surface area contributed by atoms with E-state index < -0.39 is 6.04 Å². The Morgan fingerprint density at radius 1 is 1.56 bits per heavy atom. The molecule has 1 rings (SSSR count). The molecule has 16 heavy (non-hydrogen) atoms. The molecule has 5 heteroatoms. The van der Waals surface area contributed by atoms with E-state index in [1.54, 1.807) is 18.2 Å². The van der Waals surface area contributed by atoms with E-state index in [0.717, 1.165) is 0 Å². The fourth-order valence-electron chi connectivity index (χ4n) is 1.18. The Bertz CT molecular complexity index is 414. The maximum absolute atomic E-state index is 11.1. The van der Waals surface area contributed by atoms with E-state index in [1.807, 2.05) is 12.1 Å². The van der Waals surface area contributed by atoms with Gasteiger partial charge in [0.1, 0.15) is 6.04 Å². The van der Waals surface area contributed by atoms with Crippen molar-refractivity contribution in [1.29, 1.82) is 5.26 Å². The lowest BCUT2D eigenvalue weighted by molar-refractivity contribution is -0.120. The molecular formula is C11H12ClN3O. The third-order valence-electron chi connectivity index (χ3n) is 2.03. The van der Waals surface area contributed by atoms with Crippen LogP contribution >= 0.6 is 11.6 Å². The molecule has 4 nitrogen and oxygen atoms in total. The summed E-state index contributed by atoms with van der Waals surface area (Å²) in [7, 11) is 1.53. The standard InChI is InChI=1S/C11H12ClN3O/c1-14-11(16)6-8(7-13)15-10-5-3-2-4-9(10)12/h2-5,8,15H,6H2,1H3,(H,14,16). The Labute approximate surface area is 99.2 Å². The Morgan fingerprint density at radius 2 is 2.25 bits per heavy atom. The van der Waals surface area contributed by atoms with E-state index in [9.17, 15) is 4.79 Å². The average Bonchev–Trinajstić information content (AvgIpc) is 2.30. The van der Waals surface area contributed by atoms with Gasteiger partial charge in [-0.05, 0) is 12.1 Å². The number of benzene rings is 1. The van der Waals surface area contributed by atoms with Crippen LogP contribution in [0.3, 0.4) is 0 Å². The van der Waals surface area contributed by atoms with Gasteiger partial charge in [0.2, 0.25) is 5.91 Å². The number of nitrogens with zero attached hydrogens (tertiary/aromatic N) is 1. The van der Waals surface area contributed by atoms with Crippen LogP contribution in [0.4, 0.5) is 5.69 Å². The molecule has 0 heterocycles. The lowest BCUT2D eigenvalue weighted by Gasteiger charge is -2.13. The van der Waals surface area contributed by atoms with Crippen molar-refractivity contribution in [3.8, 4) is 6.07 Å². The Morgan fingerprint density at radius 3 is 2.81 bits per heavy atom. The highest BCUT2D eigenvalue weighted by Gasteiger charge is 2.12. The van der Waals surface area contributed by atoms with E-state index in [2.05, 4.69) is 10.6 Å². The zero-order chi connectivity index (χ0) is 12.0. The van der Waals surface area contributed by atoms with Crippen LogP contribution in [-0.2, 0) is 4.79 Å². The minimum Gasteiger partial charge on any atom is -0.368 e. The molecule has 84 valence electrons. The third-order valence-corrected chi connectivity index (χ3v) is 2.36. The molecule has 0 spiro atoms. The summed E-state index contributed by atoms with van der Waals surface area (Å²) in [6, 6.07) is 8.52. The predicted molar refractivity (Wildman–Crippen MR) is 63.2 cm³/mol. The average molecular weight is 238 g/mol. The van der Waals surface area contributed by atoms with Crippen molar-refractivity contribution in [2.75, 3.05) is 12.4 Å². The first-order chi connectivity index (χ1) is 7.67. The summed E-state index contributed by atoms with van der Waals surface area (Å²) < 4.78 is 0. The van der Waals surface area contributed by atoms with E-state index in [0.29, 0.717) is 10.7 Å². The number of amides is 1. The topological polar surface area (TPSA) is 64.9 Å². The summed E-state index contributed by atoms with van der Waals surface area (Å²) in [4.78, 5) is 11.1. The quantitative estimate of drug-likeness (QED) is 0.839. The van der Waals surface area contributed by atoms with Crippen LogP contribution in [0, 0.1) is 11.3 Å². The maximum atomic E-state index is 11.1. The number of hydrogen-bond donors (Lipinski definition) is 2. The van der Waals surface area contributed by atoms with Crippen molar-refractivity contribution >= 4 is 23.2 Å². The second-order valence-corrected chi connectivity index (χ2v) is 3.59. The Balaban J connectivity index is 2.68. The molecule has 0 saturated carbocycles. The molecule has 1 unspecified atom stereocenters. The summed E-state index contributed by atoms with van der Waals surface area (Å²) in [5.41, 5.74) is 0.652. The molecule has 0 aliphatic heterocycles. The minimum absolute atomic E-state index is 0.0955. The monoisotopic (exact) mass is 237 g/mol. The molecule has 0 aliphatic rings. The van der Waals surface area contributed by atoms with Gasteiger partial charge in [0.15, 0.2) is 0 Å². The number of hydrogen-bond acceptors (Lipinski definition) is 3. The fraction of sp³-hybridized carbons (Fsp3) is 0.273. The van der Waals surface area contributed by atoms with Crippen molar-refractivity contribution in [3.05, 3.63) is 29.3 Å². The van der Waals surface area contributed by atoms with Crippen molar-refractivity contribution in [3.63, 3.8) is 0 Å². The number of anilines is 1. The highest BCUT2D eigenvalue weighted by Crippen LogP contribution is 2.21. The van der Waals surface area contributed by atoms with Crippen molar-refractivity contribution in [1.82, 2.24) is 5.32 Å². The molecule has 0 aromatic heterocycles. The molecule has 1 aromatic carbocycles. The maximum Gasteiger partial charge on any atom is 0.222 e. The SMILES string of the molecule is CNC(=O)CC(C#N)Nc1ccccc1Cl. The van der Waals surface area contributed by atoms with Gasteiger partial charge in [-0.15, -0.1) is 0 Å². The number of carbonyl (C=O) groups is 1. The second-order valence-electron chi connectivity index (χ2n) is 3.18. The first-order valence-electron chi connectivity index (χ1n) is 4.78. The highest BCUT2D eigenvalue weighted by molar-refractivity contribution is 6.33. The molecule has 1 aromatic rings. The molecule has 1 amide bonds.